The van der Waals surface area contributed by atoms with Crippen molar-refractivity contribution >= 4 is 16.7 Å². The van der Waals surface area contributed by atoms with Crippen LogP contribution in [-0.2, 0) is 11.2 Å². The number of carbonyl (C=O) groups excluding carboxylic acids is 1. The lowest BCUT2D eigenvalue weighted by Gasteiger charge is -2.15. The van der Waals surface area contributed by atoms with E-state index in [2.05, 4.69) is 61.5 Å². The first-order chi connectivity index (χ1) is 13.2. The lowest BCUT2D eigenvalue weighted by molar-refractivity contribution is -0.127. The molecular weight excluding hydrogens is 332 g/mol. The Morgan fingerprint density at radius 3 is 2.63 bits per heavy atom. The molecule has 1 fully saturated rings. The third kappa shape index (κ3) is 4.02. The fourth-order valence-corrected chi connectivity index (χ4v) is 3.87. The van der Waals surface area contributed by atoms with Crippen LogP contribution < -0.4 is 0 Å². The molecule has 0 aliphatic carbocycles. The number of aryl methyl sites for hydroxylation is 2. The highest BCUT2D eigenvalue weighted by molar-refractivity contribution is 5.88. The van der Waals surface area contributed by atoms with Gasteiger partial charge in [-0.3, -0.25) is 9.78 Å². The smallest absolute Gasteiger partial charge is 0.222 e. The Kier molecular flexibility index (Phi) is 5.19. The highest BCUT2D eigenvalue weighted by Gasteiger charge is 2.19. The van der Waals surface area contributed by atoms with Crippen LogP contribution >= 0.6 is 0 Å². The van der Waals surface area contributed by atoms with E-state index in [9.17, 15) is 4.79 Å². The molecule has 3 aromatic rings. The molecule has 1 aliphatic rings. The molecule has 0 N–H and O–H groups in total. The first-order valence-corrected chi connectivity index (χ1v) is 9.94. The Labute approximate surface area is 161 Å². The highest BCUT2D eigenvalue weighted by Crippen LogP contribution is 2.26. The molecule has 0 bridgehead atoms. The van der Waals surface area contributed by atoms with E-state index in [1.54, 1.807) is 0 Å². The van der Waals surface area contributed by atoms with Crippen LogP contribution in [0.2, 0.25) is 0 Å². The normalized spacial score (nSPS) is 14.3. The van der Waals surface area contributed by atoms with Gasteiger partial charge in [-0.1, -0.05) is 54.1 Å². The fraction of sp³-hybridized carbons (Fsp3) is 0.333. The van der Waals surface area contributed by atoms with Crippen molar-refractivity contribution in [1.29, 1.82) is 0 Å². The zero-order valence-corrected chi connectivity index (χ0v) is 15.9. The van der Waals surface area contributed by atoms with Crippen LogP contribution in [0.3, 0.4) is 0 Å². The van der Waals surface area contributed by atoms with Gasteiger partial charge in [0.25, 0.3) is 0 Å². The quantitative estimate of drug-likeness (QED) is 0.571. The summed E-state index contributed by atoms with van der Waals surface area (Å²) in [6, 6.07) is 19.3. The number of rotatable bonds is 6. The van der Waals surface area contributed by atoms with Gasteiger partial charge in [0.1, 0.15) is 0 Å². The van der Waals surface area contributed by atoms with E-state index in [1.165, 1.54) is 16.3 Å². The van der Waals surface area contributed by atoms with Crippen molar-refractivity contribution in [3.63, 3.8) is 0 Å². The fourth-order valence-electron chi connectivity index (χ4n) is 3.87. The Bertz CT molecular complexity index is 946. The lowest BCUT2D eigenvalue weighted by Crippen LogP contribution is -2.25. The van der Waals surface area contributed by atoms with E-state index in [4.69, 9.17) is 4.98 Å². The second-order valence-electron chi connectivity index (χ2n) is 7.48. The first-order valence-electron chi connectivity index (χ1n) is 9.94. The number of likely N-dealkylation sites (tertiary alicyclic amines) is 1. The Morgan fingerprint density at radius 2 is 1.85 bits per heavy atom. The van der Waals surface area contributed by atoms with E-state index in [0.717, 1.165) is 62.1 Å². The van der Waals surface area contributed by atoms with Gasteiger partial charge in [0.2, 0.25) is 5.91 Å². The maximum atomic E-state index is 11.8. The zero-order chi connectivity index (χ0) is 18.6. The SMILES string of the molecule is Cc1ccc(-c2cc3ccccc3c(CCCCN3CCCC3=O)n2)cc1. The summed E-state index contributed by atoms with van der Waals surface area (Å²) in [5.41, 5.74) is 4.63. The predicted molar refractivity (Wildman–Crippen MR) is 111 cm³/mol. The van der Waals surface area contributed by atoms with E-state index < -0.39 is 0 Å². The lowest BCUT2D eigenvalue weighted by atomic mass is 10.0. The molecule has 1 aliphatic heterocycles. The third-order valence-corrected chi connectivity index (χ3v) is 5.43. The van der Waals surface area contributed by atoms with Crippen molar-refractivity contribution in [3.05, 3.63) is 65.9 Å². The largest absolute Gasteiger partial charge is 0.343 e. The second kappa shape index (κ2) is 7.91. The van der Waals surface area contributed by atoms with Crippen LogP contribution in [-0.4, -0.2) is 28.9 Å². The molecule has 3 heteroatoms. The molecule has 1 amide bonds. The number of hydrogen-bond acceptors (Lipinski definition) is 2. The number of aromatic nitrogens is 1. The molecule has 0 radical (unpaired) electrons. The maximum Gasteiger partial charge on any atom is 0.222 e. The highest BCUT2D eigenvalue weighted by atomic mass is 16.2. The molecule has 138 valence electrons. The monoisotopic (exact) mass is 358 g/mol. The van der Waals surface area contributed by atoms with Crippen molar-refractivity contribution < 1.29 is 4.79 Å². The van der Waals surface area contributed by atoms with Gasteiger partial charge in [0.15, 0.2) is 0 Å². The number of unbranched alkanes of at least 4 members (excludes halogenated alkanes) is 1. The third-order valence-electron chi connectivity index (χ3n) is 5.43. The number of hydrogen-bond donors (Lipinski definition) is 0. The number of amides is 1. The number of carbonyl (C=O) groups is 1. The van der Waals surface area contributed by atoms with Crippen LogP contribution in [0.5, 0.6) is 0 Å². The van der Waals surface area contributed by atoms with Crippen molar-refractivity contribution in [3.8, 4) is 11.3 Å². The van der Waals surface area contributed by atoms with Crippen molar-refractivity contribution in [1.82, 2.24) is 9.88 Å². The van der Waals surface area contributed by atoms with Gasteiger partial charge >= 0.3 is 0 Å². The molecule has 2 aromatic carbocycles. The molecule has 3 nitrogen and oxygen atoms in total. The number of fused-ring (bicyclic) bond motifs is 1. The van der Waals surface area contributed by atoms with Crippen LogP contribution in [0.4, 0.5) is 0 Å². The summed E-state index contributed by atoms with van der Waals surface area (Å²) in [6.07, 6.45) is 4.78. The molecule has 0 unspecified atom stereocenters. The van der Waals surface area contributed by atoms with Crippen molar-refractivity contribution in [2.45, 2.75) is 39.0 Å². The van der Waals surface area contributed by atoms with Gasteiger partial charge in [-0.05, 0) is 44.1 Å². The summed E-state index contributed by atoms with van der Waals surface area (Å²) < 4.78 is 0. The van der Waals surface area contributed by atoms with Crippen LogP contribution in [0.15, 0.2) is 54.6 Å². The zero-order valence-electron chi connectivity index (χ0n) is 15.9. The molecule has 0 saturated carbocycles. The summed E-state index contributed by atoms with van der Waals surface area (Å²) in [5, 5.41) is 2.48. The second-order valence-corrected chi connectivity index (χ2v) is 7.48. The molecule has 0 atom stereocenters. The standard InChI is InChI=1S/C24H26N2O/c1-18-11-13-19(14-12-18)23-17-20-7-2-3-8-21(20)22(25-23)9-4-5-15-26-16-6-10-24(26)27/h2-3,7-8,11-14,17H,4-6,9-10,15-16H2,1H3. The molecule has 4 rings (SSSR count). The van der Waals surface area contributed by atoms with Gasteiger partial charge < -0.3 is 4.90 Å². The van der Waals surface area contributed by atoms with E-state index in [0.29, 0.717) is 5.91 Å². The average Bonchev–Trinajstić information content (AvgIpc) is 3.10. The molecule has 1 aromatic heterocycles. The van der Waals surface area contributed by atoms with Crippen LogP contribution in [0, 0.1) is 6.92 Å². The topological polar surface area (TPSA) is 33.2 Å². The minimum absolute atomic E-state index is 0.319. The molecule has 27 heavy (non-hydrogen) atoms. The molecular formula is C24H26N2O. The number of benzene rings is 2. The predicted octanol–water partition coefficient (Wildman–Crippen LogP) is 5.16. The Hall–Kier alpha value is -2.68. The Balaban J connectivity index is 1.53. The summed E-state index contributed by atoms with van der Waals surface area (Å²) >= 11 is 0. The first kappa shape index (κ1) is 17.7. The van der Waals surface area contributed by atoms with Crippen molar-refractivity contribution in [2.75, 3.05) is 13.1 Å². The number of pyridine rings is 1. The van der Waals surface area contributed by atoms with Gasteiger partial charge in [0, 0.05) is 36.2 Å². The minimum Gasteiger partial charge on any atom is -0.343 e. The van der Waals surface area contributed by atoms with E-state index >= 15 is 0 Å². The molecule has 1 saturated heterocycles. The average molecular weight is 358 g/mol. The van der Waals surface area contributed by atoms with Gasteiger partial charge in [-0.25, -0.2) is 0 Å². The van der Waals surface area contributed by atoms with Gasteiger partial charge in [0.05, 0.1) is 5.69 Å². The summed E-state index contributed by atoms with van der Waals surface area (Å²) in [5.74, 6) is 0.319. The summed E-state index contributed by atoms with van der Waals surface area (Å²) in [7, 11) is 0. The van der Waals surface area contributed by atoms with Gasteiger partial charge in [-0.15, -0.1) is 0 Å². The Morgan fingerprint density at radius 1 is 1.04 bits per heavy atom. The van der Waals surface area contributed by atoms with E-state index in [1.807, 2.05) is 4.90 Å². The number of nitrogens with zero attached hydrogens (tertiary/aromatic N) is 2. The van der Waals surface area contributed by atoms with Crippen molar-refractivity contribution in [2.24, 2.45) is 0 Å². The maximum absolute atomic E-state index is 11.8. The van der Waals surface area contributed by atoms with Crippen LogP contribution in [0.25, 0.3) is 22.0 Å². The summed E-state index contributed by atoms with van der Waals surface area (Å²) in [6.45, 7) is 3.92. The molecule has 0 spiro atoms. The minimum atomic E-state index is 0.319. The van der Waals surface area contributed by atoms with Crippen LogP contribution in [0.1, 0.15) is 36.9 Å². The summed E-state index contributed by atoms with van der Waals surface area (Å²) in [4.78, 5) is 18.8. The molecule has 2 heterocycles. The van der Waals surface area contributed by atoms with Gasteiger partial charge in [-0.2, -0.15) is 0 Å². The van der Waals surface area contributed by atoms with E-state index in [-0.39, 0.29) is 0 Å².